The number of hydrogen-bond donors (Lipinski definition) is 2. The van der Waals surface area contributed by atoms with Crippen molar-refractivity contribution in [2.75, 3.05) is 5.32 Å². The fourth-order valence-corrected chi connectivity index (χ4v) is 1.77. The van der Waals surface area contributed by atoms with Crippen molar-refractivity contribution in [1.29, 1.82) is 5.26 Å². The highest BCUT2D eigenvalue weighted by Gasteiger charge is 2.09. The van der Waals surface area contributed by atoms with Crippen molar-refractivity contribution in [3.05, 3.63) is 65.0 Å². The summed E-state index contributed by atoms with van der Waals surface area (Å²) in [6.07, 6.45) is 0. The van der Waals surface area contributed by atoms with Gasteiger partial charge in [-0.3, -0.25) is 0 Å². The predicted molar refractivity (Wildman–Crippen MR) is 71.8 cm³/mol. The molecule has 0 aliphatic heterocycles. The summed E-state index contributed by atoms with van der Waals surface area (Å²) in [4.78, 5) is 10.9. The number of nitrogens with zero attached hydrogens (tertiary/aromatic N) is 1. The minimum Gasteiger partial charge on any atom is -0.478 e. The number of carboxylic acids is 1. The lowest BCUT2D eigenvalue weighted by Crippen LogP contribution is -2.05. The first kappa shape index (κ1) is 13.6. The smallest absolute Gasteiger partial charge is 0.335 e. The maximum Gasteiger partial charge on any atom is 0.335 e. The zero-order chi connectivity index (χ0) is 14.5. The van der Waals surface area contributed by atoms with Crippen molar-refractivity contribution >= 4 is 11.7 Å². The van der Waals surface area contributed by atoms with E-state index in [4.69, 9.17) is 10.4 Å². The van der Waals surface area contributed by atoms with Crippen LogP contribution >= 0.6 is 0 Å². The Morgan fingerprint density at radius 2 is 2.05 bits per heavy atom. The lowest BCUT2D eigenvalue weighted by atomic mass is 10.1. The van der Waals surface area contributed by atoms with Gasteiger partial charge in [0.1, 0.15) is 11.9 Å². The number of para-hydroxylation sites is 1. The van der Waals surface area contributed by atoms with Crippen LogP contribution in [-0.4, -0.2) is 11.1 Å². The minimum absolute atomic E-state index is 0.0248. The average Bonchev–Trinajstić information content (AvgIpc) is 2.46. The third kappa shape index (κ3) is 2.93. The van der Waals surface area contributed by atoms with Gasteiger partial charge in [-0.2, -0.15) is 5.26 Å². The van der Waals surface area contributed by atoms with Gasteiger partial charge >= 0.3 is 5.97 Å². The van der Waals surface area contributed by atoms with Gasteiger partial charge in [-0.25, -0.2) is 9.18 Å². The van der Waals surface area contributed by atoms with Gasteiger partial charge in [-0.15, -0.1) is 0 Å². The molecule has 2 N–H and O–H groups in total. The zero-order valence-corrected chi connectivity index (χ0v) is 10.4. The largest absolute Gasteiger partial charge is 0.478 e. The van der Waals surface area contributed by atoms with Gasteiger partial charge in [0, 0.05) is 12.1 Å². The van der Waals surface area contributed by atoms with Crippen molar-refractivity contribution in [1.82, 2.24) is 0 Å². The monoisotopic (exact) mass is 270 g/mol. The first-order chi connectivity index (χ1) is 9.61. The van der Waals surface area contributed by atoms with E-state index in [1.54, 1.807) is 24.3 Å². The molecule has 0 aliphatic carbocycles. The summed E-state index contributed by atoms with van der Waals surface area (Å²) in [6, 6.07) is 12.5. The molecule has 4 nitrogen and oxygen atoms in total. The Morgan fingerprint density at radius 3 is 2.75 bits per heavy atom. The van der Waals surface area contributed by atoms with Gasteiger partial charge < -0.3 is 10.4 Å². The summed E-state index contributed by atoms with van der Waals surface area (Å²) in [5.41, 5.74) is 1.28. The van der Waals surface area contributed by atoms with Crippen molar-refractivity contribution in [3.63, 3.8) is 0 Å². The predicted octanol–water partition coefficient (Wildman–Crippen LogP) is 3.01. The molecule has 0 spiro atoms. The van der Waals surface area contributed by atoms with Gasteiger partial charge in [0.2, 0.25) is 0 Å². The van der Waals surface area contributed by atoms with Gasteiger partial charge in [0.25, 0.3) is 0 Å². The molecule has 5 heteroatoms. The Hall–Kier alpha value is -2.87. The molecule has 0 atom stereocenters. The van der Waals surface area contributed by atoms with Crippen molar-refractivity contribution in [2.24, 2.45) is 0 Å². The number of aromatic carboxylic acids is 1. The van der Waals surface area contributed by atoms with E-state index in [1.165, 1.54) is 12.1 Å². The molecule has 0 bridgehead atoms. The van der Waals surface area contributed by atoms with E-state index in [0.717, 1.165) is 6.07 Å². The van der Waals surface area contributed by atoms with E-state index in [2.05, 4.69) is 5.32 Å². The fraction of sp³-hybridized carbons (Fsp3) is 0.0667. The first-order valence-electron chi connectivity index (χ1n) is 5.86. The molecule has 0 heterocycles. The number of hydrogen-bond acceptors (Lipinski definition) is 3. The number of anilines is 1. The van der Waals surface area contributed by atoms with Crippen LogP contribution in [0.5, 0.6) is 0 Å². The molecule has 0 saturated carbocycles. The summed E-state index contributed by atoms with van der Waals surface area (Å²) < 4.78 is 13.6. The molecular weight excluding hydrogens is 259 g/mol. The number of halogens is 1. The SMILES string of the molecule is N#Cc1ccccc1NCc1cc(C(=O)O)ccc1F. The number of rotatable bonds is 4. The summed E-state index contributed by atoms with van der Waals surface area (Å²) in [7, 11) is 0. The molecule has 0 radical (unpaired) electrons. The first-order valence-corrected chi connectivity index (χ1v) is 5.86. The number of carboxylic acid groups (broad SMARTS) is 1. The number of benzene rings is 2. The Morgan fingerprint density at radius 1 is 1.30 bits per heavy atom. The molecule has 0 aromatic heterocycles. The summed E-state index contributed by atoms with van der Waals surface area (Å²) in [5, 5.41) is 20.8. The van der Waals surface area contributed by atoms with Gasteiger partial charge in [0.05, 0.1) is 16.8 Å². The minimum atomic E-state index is -1.11. The van der Waals surface area contributed by atoms with Crippen LogP contribution < -0.4 is 5.32 Å². The second-order valence-corrected chi connectivity index (χ2v) is 4.12. The topological polar surface area (TPSA) is 73.1 Å². The molecule has 20 heavy (non-hydrogen) atoms. The van der Waals surface area contributed by atoms with E-state index in [1.807, 2.05) is 6.07 Å². The lowest BCUT2D eigenvalue weighted by molar-refractivity contribution is 0.0696. The molecule has 0 amide bonds. The molecule has 0 unspecified atom stereocenters. The van der Waals surface area contributed by atoms with E-state index in [-0.39, 0.29) is 17.7 Å². The van der Waals surface area contributed by atoms with Crippen LogP contribution in [0.1, 0.15) is 21.5 Å². The second kappa shape index (κ2) is 5.85. The zero-order valence-electron chi connectivity index (χ0n) is 10.4. The van der Waals surface area contributed by atoms with Crippen molar-refractivity contribution in [2.45, 2.75) is 6.54 Å². The number of carbonyl (C=O) groups is 1. The van der Waals surface area contributed by atoms with E-state index in [0.29, 0.717) is 11.3 Å². The molecule has 0 saturated heterocycles. The molecule has 2 aromatic carbocycles. The maximum atomic E-state index is 13.6. The van der Waals surface area contributed by atoms with E-state index < -0.39 is 11.8 Å². The van der Waals surface area contributed by atoms with Crippen LogP contribution in [0.3, 0.4) is 0 Å². The van der Waals surface area contributed by atoms with Gasteiger partial charge in [0.15, 0.2) is 0 Å². The Bertz CT molecular complexity index is 693. The highest BCUT2D eigenvalue weighted by molar-refractivity contribution is 5.87. The third-order valence-electron chi connectivity index (χ3n) is 2.81. The molecular formula is C15H11FN2O2. The second-order valence-electron chi connectivity index (χ2n) is 4.12. The van der Waals surface area contributed by atoms with Crippen LogP contribution in [0, 0.1) is 17.1 Å². The van der Waals surface area contributed by atoms with Crippen LogP contribution in [0.25, 0.3) is 0 Å². The highest BCUT2D eigenvalue weighted by Crippen LogP contribution is 2.17. The van der Waals surface area contributed by atoms with Gasteiger partial charge in [-0.05, 0) is 30.3 Å². The lowest BCUT2D eigenvalue weighted by Gasteiger charge is -2.09. The molecule has 0 aliphatic rings. The maximum absolute atomic E-state index is 13.6. The Balaban J connectivity index is 2.21. The molecule has 100 valence electrons. The standard InChI is InChI=1S/C15H11FN2O2/c16-13-6-5-10(15(19)20)7-12(13)9-18-14-4-2-1-3-11(14)8-17/h1-7,18H,9H2,(H,19,20). The van der Waals surface area contributed by atoms with Crippen molar-refractivity contribution < 1.29 is 14.3 Å². The molecule has 0 fully saturated rings. The Labute approximate surface area is 115 Å². The summed E-state index contributed by atoms with van der Waals surface area (Å²) in [6.45, 7) is 0.103. The number of nitriles is 1. The summed E-state index contributed by atoms with van der Waals surface area (Å²) in [5.74, 6) is -1.60. The van der Waals surface area contributed by atoms with Crippen molar-refractivity contribution in [3.8, 4) is 6.07 Å². The van der Waals surface area contributed by atoms with Crippen LogP contribution in [0.2, 0.25) is 0 Å². The van der Waals surface area contributed by atoms with E-state index in [9.17, 15) is 9.18 Å². The Kier molecular flexibility index (Phi) is 3.96. The normalized spacial score (nSPS) is 9.80. The fourth-order valence-electron chi connectivity index (χ4n) is 1.77. The van der Waals surface area contributed by atoms with Crippen LogP contribution in [0.15, 0.2) is 42.5 Å². The highest BCUT2D eigenvalue weighted by atomic mass is 19.1. The third-order valence-corrected chi connectivity index (χ3v) is 2.81. The molecule has 2 rings (SSSR count). The average molecular weight is 270 g/mol. The quantitative estimate of drug-likeness (QED) is 0.895. The summed E-state index contributed by atoms with van der Waals surface area (Å²) >= 11 is 0. The van der Waals surface area contributed by atoms with E-state index >= 15 is 0 Å². The van der Waals surface area contributed by atoms with Crippen LogP contribution in [0.4, 0.5) is 10.1 Å². The number of nitrogens with one attached hydrogen (secondary N) is 1. The van der Waals surface area contributed by atoms with Crippen LogP contribution in [-0.2, 0) is 6.54 Å². The van der Waals surface area contributed by atoms with Gasteiger partial charge in [-0.1, -0.05) is 12.1 Å². The molecule has 2 aromatic rings.